The second-order valence-corrected chi connectivity index (χ2v) is 4.37. The predicted molar refractivity (Wildman–Crippen MR) is 52.8 cm³/mol. The largest absolute Gasteiger partial charge is 0.444 e. The van der Waals surface area contributed by atoms with Gasteiger partial charge in [0, 0.05) is 20.6 Å². The number of rotatable bonds is 1. The van der Waals surface area contributed by atoms with Crippen LogP contribution in [0.2, 0.25) is 0 Å². The van der Waals surface area contributed by atoms with Crippen LogP contribution in [-0.4, -0.2) is 42.8 Å². The molecule has 13 heavy (non-hydrogen) atoms. The molecule has 0 unspecified atom stereocenters. The predicted octanol–water partition coefficient (Wildman–Crippen LogP) is 1.07. The van der Waals surface area contributed by atoms with Crippen molar-refractivity contribution in [1.29, 1.82) is 0 Å². The van der Waals surface area contributed by atoms with Crippen LogP contribution < -0.4 is 5.32 Å². The lowest BCUT2D eigenvalue weighted by Crippen LogP contribution is -2.59. The molecule has 0 radical (unpaired) electrons. The molecule has 0 aromatic carbocycles. The van der Waals surface area contributed by atoms with Crippen LogP contribution in [-0.2, 0) is 4.74 Å². The number of carbonyl (C=O) groups is 1. The Morgan fingerprint density at radius 2 is 2.08 bits per heavy atom. The topological polar surface area (TPSA) is 41.6 Å². The molecule has 4 nitrogen and oxygen atoms in total. The maximum Gasteiger partial charge on any atom is 0.410 e. The van der Waals surface area contributed by atoms with Crippen LogP contribution in [0.15, 0.2) is 0 Å². The quantitative estimate of drug-likeness (QED) is 0.669. The average Bonchev–Trinajstić information content (AvgIpc) is 1.79. The fraction of sp³-hybridized carbons (Fsp3) is 0.889. The highest BCUT2D eigenvalue weighted by molar-refractivity contribution is 5.69. The summed E-state index contributed by atoms with van der Waals surface area (Å²) < 4.78 is 5.19. The van der Waals surface area contributed by atoms with E-state index in [-0.39, 0.29) is 13.1 Å². The first-order valence-corrected chi connectivity index (χ1v) is 4.57. The number of nitrogens with zero attached hydrogens (tertiary/aromatic N) is 1. The van der Waals surface area contributed by atoms with E-state index in [0.29, 0.717) is 6.04 Å². The molecule has 1 N–H and O–H groups in total. The molecular formula is C9H20N2O2. The van der Waals surface area contributed by atoms with Crippen molar-refractivity contribution in [2.75, 3.05) is 20.1 Å². The van der Waals surface area contributed by atoms with Crippen LogP contribution in [0.25, 0.3) is 0 Å². The minimum absolute atomic E-state index is 0. The molecular weight excluding hydrogens is 168 g/mol. The third-order valence-electron chi connectivity index (χ3n) is 1.94. The molecule has 1 amide bonds. The van der Waals surface area contributed by atoms with E-state index in [2.05, 4.69) is 5.32 Å². The molecule has 1 saturated heterocycles. The van der Waals surface area contributed by atoms with Crippen molar-refractivity contribution in [1.82, 2.24) is 10.2 Å². The molecule has 1 aliphatic heterocycles. The van der Waals surface area contributed by atoms with Gasteiger partial charge in [-0.1, -0.05) is 0 Å². The SMILES string of the molecule is CNC1CN(C(=O)OC(C)(C)C)C1.[HH]. The van der Waals surface area contributed by atoms with E-state index < -0.39 is 0 Å². The lowest BCUT2D eigenvalue weighted by atomic mass is 10.1. The summed E-state index contributed by atoms with van der Waals surface area (Å²) >= 11 is 0. The van der Waals surface area contributed by atoms with Crippen molar-refractivity contribution >= 4 is 6.09 Å². The Morgan fingerprint density at radius 3 is 2.46 bits per heavy atom. The van der Waals surface area contributed by atoms with Gasteiger partial charge in [-0.2, -0.15) is 0 Å². The van der Waals surface area contributed by atoms with E-state index in [0.717, 1.165) is 13.1 Å². The molecule has 0 atom stereocenters. The summed E-state index contributed by atoms with van der Waals surface area (Å²) in [7, 11) is 1.90. The van der Waals surface area contributed by atoms with Gasteiger partial charge in [-0.05, 0) is 27.8 Å². The summed E-state index contributed by atoms with van der Waals surface area (Å²) in [6.07, 6.45) is -0.209. The summed E-state index contributed by atoms with van der Waals surface area (Å²) in [6.45, 7) is 7.14. The molecule has 78 valence electrons. The standard InChI is InChI=1S/C9H18N2O2.H2/c1-9(2,3)13-8(12)11-5-7(6-11)10-4;/h7,10H,5-6H2,1-4H3;1H. The van der Waals surface area contributed by atoms with Crippen molar-refractivity contribution < 1.29 is 11.0 Å². The molecule has 1 fully saturated rings. The van der Waals surface area contributed by atoms with E-state index in [4.69, 9.17) is 4.74 Å². The fourth-order valence-corrected chi connectivity index (χ4v) is 1.14. The van der Waals surface area contributed by atoms with Gasteiger partial charge in [0.05, 0.1) is 0 Å². The van der Waals surface area contributed by atoms with E-state index in [1.54, 1.807) is 4.90 Å². The van der Waals surface area contributed by atoms with Gasteiger partial charge in [0.2, 0.25) is 0 Å². The minimum atomic E-state index is -0.387. The molecule has 0 aromatic rings. The second-order valence-electron chi connectivity index (χ2n) is 4.37. The Labute approximate surface area is 80.7 Å². The number of likely N-dealkylation sites (N-methyl/N-ethyl adjacent to an activating group) is 1. The Balaban J connectivity index is 0.00000169. The van der Waals surface area contributed by atoms with Gasteiger partial charge in [0.1, 0.15) is 5.60 Å². The number of hydrogen-bond acceptors (Lipinski definition) is 3. The molecule has 1 rings (SSSR count). The van der Waals surface area contributed by atoms with E-state index in [1.807, 2.05) is 27.8 Å². The van der Waals surface area contributed by atoms with Gasteiger partial charge in [0.25, 0.3) is 0 Å². The number of nitrogens with one attached hydrogen (secondary N) is 1. The maximum absolute atomic E-state index is 11.4. The smallest absolute Gasteiger partial charge is 0.410 e. The second kappa shape index (κ2) is 3.54. The highest BCUT2D eigenvalue weighted by atomic mass is 16.6. The summed E-state index contributed by atoms with van der Waals surface area (Å²) in [5.41, 5.74) is -0.387. The van der Waals surface area contributed by atoms with Crippen LogP contribution >= 0.6 is 0 Å². The summed E-state index contributed by atoms with van der Waals surface area (Å²) in [5, 5.41) is 3.10. The average molecular weight is 188 g/mol. The van der Waals surface area contributed by atoms with Crippen LogP contribution in [0.1, 0.15) is 22.2 Å². The minimum Gasteiger partial charge on any atom is -0.444 e. The third kappa shape index (κ3) is 2.88. The Morgan fingerprint density at radius 1 is 1.54 bits per heavy atom. The molecule has 0 spiro atoms. The molecule has 0 bridgehead atoms. The van der Waals surface area contributed by atoms with E-state index in [1.165, 1.54) is 0 Å². The summed E-state index contributed by atoms with van der Waals surface area (Å²) in [5.74, 6) is 0. The highest BCUT2D eigenvalue weighted by Gasteiger charge is 2.32. The zero-order valence-electron chi connectivity index (χ0n) is 8.76. The molecule has 0 saturated carbocycles. The van der Waals surface area contributed by atoms with Crippen molar-refractivity contribution in [2.45, 2.75) is 32.4 Å². The first-order chi connectivity index (χ1) is 5.92. The zero-order valence-corrected chi connectivity index (χ0v) is 8.76. The Kier molecular flexibility index (Phi) is 2.81. The van der Waals surface area contributed by atoms with Crippen molar-refractivity contribution in [3.63, 3.8) is 0 Å². The van der Waals surface area contributed by atoms with E-state index >= 15 is 0 Å². The van der Waals surface area contributed by atoms with Crippen LogP contribution in [0.3, 0.4) is 0 Å². The molecule has 1 heterocycles. The van der Waals surface area contributed by atoms with Crippen LogP contribution in [0, 0.1) is 0 Å². The normalized spacial score (nSPS) is 18.3. The molecule has 1 aliphatic rings. The van der Waals surface area contributed by atoms with Crippen LogP contribution in [0.4, 0.5) is 4.79 Å². The summed E-state index contributed by atoms with van der Waals surface area (Å²) in [4.78, 5) is 13.1. The number of hydrogen-bond donors (Lipinski definition) is 1. The van der Waals surface area contributed by atoms with Crippen molar-refractivity contribution in [3.8, 4) is 0 Å². The van der Waals surface area contributed by atoms with Gasteiger partial charge >= 0.3 is 6.09 Å². The maximum atomic E-state index is 11.4. The molecule has 4 heteroatoms. The summed E-state index contributed by atoms with van der Waals surface area (Å²) in [6, 6.07) is 0.438. The van der Waals surface area contributed by atoms with Gasteiger partial charge < -0.3 is 15.0 Å². The number of carbonyl (C=O) groups excluding carboxylic acids is 1. The van der Waals surface area contributed by atoms with E-state index in [9.17, 15) is 4.79 Å². The van der Waals surface area contributed by atoms with Crippen LogP contribution in [0.5, 0.6) is 0 Å². The Hall–Kier alpha value is -0.770. The number of ether oxygens (including phenoxy) is 1. The highest BCUT2D eigenvalue weighted by Crippen LogP contribution is 2.14. The monoisotopic (exact) mass is 188 g/mol. The van der Waals surface area contributed by atoms with Gasteiger partial charge in [0.15, 0.2) is 0 Å². The lowest BCUT2D eigenvalue weighted by Gasteiger charge is -2.39. The first-order valence-electron chi connectivity index (χ1n) is 4.57. The van der Waals surface area contributed by atoms with Crippen molar-refractivity contribution in [2.24, 2.45) is 0 Å². The third-order valence-corrected chi connectivity index (χ3v) is 1.94. The molecule has 0 aromatic heterocycles. The van der Waals surface area contributed by atoms with Gasteiger partial charge in [-0.25, -0.2) is 4.79 Å². The van der Waals surface area contributed by atoms with Gasteiger partial charge in [-0.15, -0.1) is 0 Å². The lowest BCUT2D eigenvalue weighted by molar-refractivity contribution is 0.00610. The van der Waals surface area contributed by atoms with Gasteiger partial charge in [-0.3, -0.25) is 0 Å². The first kappa shape index (κ1) is 10.3. The molecule has 0 aliphatic carbocycles. The zero-order chi connectivity index (χ0) is 10.1. The number of amides is 1. The number of likely N-dealkylation sites (tertiary alicyclic amines) is 1. The van der Waals surface area contributed by atoms with Crippen molar-refractivity contribution in [3.05, 3.63) is 0 Å². The Bertz CT molecular complexity index is 197. The fourth-order valence-electron chi connectivity index (χ4n) is 1.14.